The first-order valence-electron chi connectivity index (χ1n) is 6.99. The number of rotatable bonds is 4. The van der Waals surface area contributed by atoms with Gasteiger partial charge in [0.05, 0.1) is 24.8 Å². The highest BCUT2D eigenvalue weighted by Gasteiger charge is 2.31. The van der Waals surface area contributed by atoms with Crippen LogP contribution in [-0.4, -0.2) is 43.4 Å². The van der Waals surface area contributed by atoms with Crippen LogP contribution in [-0.2, 0) is 10.9 Å². The van der Waals surface area contributed by atoms with Crippen LogP contribution < -0.4 is 10.2 Å². The summed E-state index contributed by atoms with van der Waals surface area (Å²) in [5.74, 6) is 0.557. The molecule has 1 saturated heterocycles. The maximum atomic E-state index is 12.6. The lowest BCUT2D eigenvalue weighted by Crippen LogP contribution is -2.51. The smallest absolute Gasteiger partial charge is 0.377 e. The molecule has 7 heteroatoms. The number of halogens is 3. The monoisotopic (exact) mass is 303 g/mol. The molecule has 1 aliphatic rings. The van der Waals surface area contributed by atoms with Crippen molar-refractivity contribution in [3.63, 3.8) is 0 Å². The number of nitrogens with one attached hydrogen (secondary N) is 1. The normalized spacial score (nSPS) is 20.1. The topological polar surface area (TPSA) is 37.4 Å². The van der Waals surface area contributed by atoms with E-state index >= 15 is 0 Å². The molecule has 0 amide bonds. The highest BCUT2D eigenvalue weighted by molar-refractivity contribution is 5.41. The second kappa shape index (κ2) is 6.62. The van der Waals surface area contributed by atoms with Gasteiger partial charge in [-0.1, -0.05) is 13.8 Å². The molecule has 0 spiro atoms. The van der Waals surface area contributed by atoms with Crippen LogP contribution in [0.15, 0.2) is 18.3 Å². The number of alkyl halides is 3. The van der Waals surface area contributed by atoms with Crippen LogP contribution in [0.25, 0.3) is 0 Å². The number of hydrogen-bond acceptors (Lipinski definition) is 4. The minimum Gasteiger partial charge on any atom is -0.377 e. The van der Waals surface area contributed by atoms with Gasteiger partial charge >= 0.3 is 6.18 Å². The minimum absolute atomic E-state index is 0.0744. The van der Waals surface area contributed by atoms with Gasteiger partial charge in [0.1, 0.15) is 5.82 Å². The second-order valence-corrected chi connectivity index (χ2v) is 5.39. The fraction of sp³-hybridized carbons (Fsp3) is 0.643. The van der Waals surface area contributed by atoms with E-state index in [-0.39, 0.29) is 6.04 Å². The van der Waals surface area contributed by atoms with Crippen molar-refractivity contribution >= 4 is 5.82 Å². The number of pyridine rings is 1. The van der Waals surface area contributed by atoms with Crippen molar-refractivity contribution in [3.8, 4) is 0 Å². The fourth-order valence-corrected chi connectivity index (χ4v) is 2.22. The molecule has 0 aromatic carbocycles. The molecule has 1 fully saturated rings. The van der Waals surface area contributed by atoms with E-state index in [0.29, 0.717) is 38.2 Å². The first-order chi connectivity index (χ1) is 9.88. The summed E-state index contributed by atoms with van der Waals surface area (Å²) in [6.07, 6.45) is -3.47. The third-order valence-corrected chi connectivity index (χ3v) is 3.36. The maximum Gasteiger partial charge on any atom is 0.417 e. The van der Waals surface area contributed by atoms with Crippen LogP contribution in [0.4, 0.5) is 19.0 Å². The second-order valence-electron chi connectivity index (χ2n) is 5.39. The summed E-state index contributed by atoms with van der Waals surface area (Å²) in [6, 6.07) is 2.92. The molecule has 1 N–H and O–H groups in total. The molecule has 1 aliphatic heterocycles. The Labute approximate surface area is 122 Å². The molecule has 0 radical (unpaired) electrons. The van der Waals surface area contributed by atoms with Gasteiger partial charge in [-0.2, -0.15) is 13.2 Å². The Balaban J connectivity index is 2.10. The van der Waals surface area contributed by atoms with Crippen molar-refractivity contribution in [1.29, 1.82) is 0 Å². The van der Waals surface area contributed by atoms with Crippen molar-refractivity contribution in [2.45, 2.75) is 32.1 Å². The van der Waals surface area contributed by atoms with E-state index < -0.39 is 11.7 Å². The first-order valence-corrected chi connectivity index (χ1v) is 6.99. The van der Waals surface area contributed by atoms with E-state index in [9.17, 15) is 13.2 Å². The maximum absolute atomic E-state index is 12.6. The van der Waals surface area contributed by atoms with Crippen molar-refractivity contribution in [2.24, 2.45) is 0 Å². The van der Waals surface area contributed by atoms with E-state index in [4.69, 9.17) is 4.74 Å². The molecular formula is C14H20F3N3O. The van der Waals surface area contributed by atoms with Crippen LogP contribution in [0.2, 0.25) is 0 Å². The Morgan fingerprint density at radius 2 is 2.19 bits per heavy atom. The molecule has 1 aromatic heterocycles. The molecule has 0 saturated carbocycles. The first kappa shape index (κ1) is 16.0. The van der Waals surface area contributed by atoms with Gasteiger partial charge in [0.2, 0.25) is 0 Å². The standard InChI is InChI=1S/C14H20F3N3O/c1-10(2)18-8-12-9-21-6-5-20(12)13-4-3-11(7-19-13)14(15,16)17/h3-4,7,10,12,18H,5-6,8-9H2,1-2H3. The number of anilines is 1. The molecule has 0 aliphatic carbocycles. The van der Waals surface area contributed by atoms with Gasteiger partial charge in [-0.05, 0) is 12.1 Å². The minimum atomic E-state index is -4.35. The number of hydrogen-bond donors (Lipinski definition) is 1. The van der Waals surface area contributed by atoms with E-state index in [1.807, 2.05) is 18.7 Å². The van der Waals surface area contributed by atoms with E-state index in [0.717, 1.165) is 12.3 Å². The number of ether oxygens (including phenoxy) is 1. The lowest BCUT2D eigenvalue weighted by Gasteiger charge is -2.37. The van der Waals surface area contributed by atoms with E-state index in [1.165, 1.54) is 6.07 Å². The third kappa shape index (κ3) is 4.31. The lowest BCUT2D eigenvalue weighted by molar-refractivity contribution is -0.137. The van der Waals surface area contributed by atoms with Gasteiger partial charge < -0.3 is 15.0 Å². The van der Waals surface area contributed by atoms with Crippen LogP contribution in [0.3, 0.4) is 0 Å². The zero-order valence-electron chi connectivity index (χ0n) is 12.2. The Kier molecular flexibility index (Phi) is 5.05. The van der Waals surface area contributed by atoms with Gasteiger partial charge in [-0.3, -0.25) is 0 Å². The van der Waals surface area contributed by atoms with Gasteiger partial charge in [0, 0.05) is 25.3 Å². The number of nitrogens with zero attached hydrogens (tertiary/aromatic N) is 2. The summed E-state index contributed by atoms with van der Waals surface area (Å²) in [5.41, 5.74) is -0.726. The Bertz CT molecular complexity index is 448. The highest BCUT2D eigenvalue weighted by Crippen LogP contribution is 2.29. The lowest BCUT2D eigenvalue weighted by atomic mass is 10.2. The van der Waals surface area contributed by atoms with Crippen LogP contribution in [0.1, 0.15) is 19.4 Å². The zero-order valence-corrected chi connectivity index (χ0v) is 12.2. The predicted molar refractivity (Wildman–Crippen MR) is 74.3 cm³/mol. The molecule has 4 nitrogen and oxygen atoms in total. The van der Waals surface area contributed by atoms with Gasteiger partial charge in [0.25, 0.3) is 0 Å². The van der Waals surface area contributed by atoms with Gasteiger partial charge in [-0.15, -0.1) is 0 Å². The Morgan fingerprint density at radius 3 is 2.76 bits per heavy atom. The summed E-state index contributed by atoms with van der Waals surface area (Å²) in [7, 11) is 0. The predicted octanol–water partition coefficient (Wildman–Crippen LogP) is 2.30. The van der Waals surface area contributed by atoms with Crippen LogP contribution in [0.5, 0.6) is 0 Å². The molecule has 21 heavy (non-hydrogen) atoms. The average molecular weight is 303 g/mol. The summed E-state index contributed by atoms with van der Waals surface area (Å²) in [5, 5.41) is 3.32. The van der Waals surface area contributed by atoms with Crippen molar-refractivity contribution in [2.75, 3.05) is 31.2 Å². The molecule has 1 atom stereocenters. The molecule has 1 aromatic rings. The quantitative estimate of drug-likeness (QED) is 0.926. The SMILES string of the molecule is CC(C)NCC1COCCN1c1ccc(C(F)(F)F)cn1. The van der Waals surface area contributed by atoms with Crippen LogP contribution >= 0.6 is 0 Å². The Morgan fingerprint density at radius 1 is 1.43 bits per heavy atom. The van der Waals surface area contributed by atoms with Crippen molar-refractivity contribution < 1.29 is 17.9 Å². The molecule has 1 unspecified atom stereocenters. The van der Waals surface area contributed by atoms with Gasteiger partial charge in [0.15, 0.2) is 0 Å². The van der Waals surface area contributed by atoms with E-state index in [2.05, 4.69) is 10.3 Å². The van der Waals surface area contributed by atoms with Crippen molar-refractivity contribution in [3.05, 3.63) is 23.9 Å². The molecule has 2 heterocycles. The van der Waals surface area contributed by atoms with Gasteiger partial charge in [-0.25, -0.2) is 4.98 Å². The molecule has 0 bridgehead atoms. The Hall–Kier alpha value is -1.34. The van der Waals surface area contributed by atoms with Crippen molar-refractivity contribution in [1.82, 2.24) is 10.3 Å². The van der Waals surface area contributed by atoms with Crippen LogP contribution in [0, 0.1) is 0 Å². The number of aromatic nitrogens is 1. The summed E-state index contributed by atoms with van der Waals surface area (Å²) in [6.45, 7) is 6.53. The summed E-state index contributed by atoms with van der Waals surface area (Å²) >= 11 is 0. The summed E-state index contributed by atoms with van der Waals surface area (Å²) < 4.78 is 43.1. The number of morpholine rings is 1. The van der Waals surface area contributed by atoms with E-state index in [1.54, 1.807) is 0 Å². The highest BCUT2D eigenvalue weighted by atomic mass is 19.4. The molecule has 2 rings (SSSR count). The average Bonchev–Trinajstić information content (AvgIpc) is 2.44. The zero-order chi connectivity index (χ0) is 15.5. The fourth-order valence-electron chi connectivity index (χ4n) is 2.22. The largest absolute Gasteiger partial charge is 0.417 e. The molecular weight excluding hydrogens is 283 g/mol. The third-order valence-electron chi connectivity index (χ3n) is 3.36. The molecule has 118 valence electrons. The summed E-state index contributed by atoms with van der Waals surface area (Å²) in [4.78, 5) is 5.97.